The number of aliphatic hydroxyl groups is 1. The number of β-amino-alcohol motifs (C(OH)–C–C–N with tert-alkyl or cyclic N) is 1. The molecule has 1 fully saturated rings. The van der Waals surface area contributed by atoms with E-state index >= 15 is 0 Å². The van der Waals surface area contributed by atoms with Crippen LogP contribution in [-0.2, 0) is 6.54 Å². The molecule has 4 heterocycles. The first-order valence-corrected chi connectivity index (χ1v) is 12.7. The molecule has 0 saturated carbocycles. The minimum absolute atomic E-state index is 0.244. The Kier molecular flexibility index (Phi) is 6.30. The molecule has 9 heteroatoms. The predicted octanol–water partition coefficient (Wildman–Crippen LogP) is 3.84. The summed E-state index contributed by atoms with van der Waals surface area (Å²) in [6.45, 7) is 5.77. The number of ether oxygens (including phenoxy) is 3. The summed E-state index contributed by atoms with van der Waals surface area (Å²) >= 11 is 1.61. The van der Waals surface area contributed by atoms with Gasteiger partial charge < -0.3 is 23.8 Å². The predicted molar refractivity (Wildman–Crippen MR) is 133 cm³/mol. The van der Waals surface area contributed by atoms with Gasteiger partial charge in [-0.2, -0.15) is 0 Å². The summed E-state index contributed by atoms with van der Waals surface area (Å²) in [6, 6.07) is 15.8. The Morgan fingerprint density at radius 2 is 1.86 bits per heavy atom. The lowest BCUT2D eigenvalue weighted by molar-refractivity contribution is 0.0446. The highest BCUT2D eigenvalue weighted by atomic mass is 32.1. The first-order chi connectivity index (χ1) is 17.2. The molecule has 1 atom stereocenters. The fraction of sp³-hybridized carbons (Fsp3) is 0.346. The molecule has 4 aromatic rings. The second-order valence-electron chi connectivity index (χ2n) is 8.90. The molecular weight excluding hydrogens is 466 g/mol. The van der Waals surface area contributed by atoms with Crippen LogP contribution in [0.15, 0.2) is 58.4 Å². The highest BCUT2D eigenvalue weighted by Gasteiger charge is 2.21. The van der Waals surface area contributed by atoms with Gasteiger partial charge >= 0.3 is 0 Å². The molecule has 0 unspecified atom stereocenters. The van der Waals surface area contributed by atoms with Crippen molar-refractivity contribution < 1.29 is 23.8 Å². The lowest BCUT2D eigenvalue weighted by Crippen LogP contribution is -2.48. The van der Waals surface area contributed by atoms with E-state index in [9.17, 15) is 5.11 Å². The van der Waals surface area contributed by atoms with Gasteiger partial charge in [-0.15, -0.1) is 11.3 Å². The summed E-state index contributed by atoms with van der Waals surface area (Å²) in [4.78, 5) is 4.72. The molecule has 2 aromatic carbocycles. The van der Waals surface area contributed by atoms with Crippen molar-refractivity contribution in [2.45, 2.75) is 12.6 Å². The van der Waals surface area contributed by atoms with E-state index in [0.717, 1.165) is 65.8 Å². The molecule has 0 bridgehead atoms. The van der Waals surface area contributed by atoms with E-state index in [4.69, 9.17) is 18.7 Å². The van der Waals surface area contributed by atoms with Crippen LogP contribution in [-0.4, -0.2) is 72.3 Å². The maximum Gasteiger partial charge on any atom is 0.231 e. The van der Waals surface area contributed by atoms with Crippen LogP contribution < -0.4 is 14.2 Å². The number of rotatable bonds is 8. The third-order valence-corrected chi connectivity index (χ3v) is 7.31. The Balaban J connectivity index is 0.971. The minimum atomic E-state index is -0.560. The van der Waals surface area contributed by atoms with Crippen molar-refractivity contribution in [1.29, 1.82) is 0 Å². The maximum absolute atomic E-state index is 10.6. The molecule has 2 aromatic heterocycles. The van der Waals surface area contributed by atoms with Gasteiger partial charge in [0.1, 0.15) is 28.9 Å². The Bertz CT molecular complexity index is 1300. The van der Waals surface area contributed by atoms with Gasteiger partial charge in [-0.25, -0.2) is 0 Å². The van der Waals surface area contributed by atoms with Gasteiger partial charge in [-0.3, -0.25) is 9.80 Å². The van der Waals surface area contributed by atoms with Gasteiger partial charge in [0.15, 0.2) is 17.1 Å². The summed E-state index contributed by atoms with van der Waals surface area (Å²) in [5.74, 6) is 2.36. The summed E-state index contributed by atoms with van der Waals surface area (Å²) in [7, 11) is 0. The van der Waals surface area contributed by atoms with E-state index in [2.05, 4.69) is 27.1 Å². The van der Waals surface area contributed by atoms with E-state index < -0.39 is 6.10 Å². The van der Waals surface area contributed by atoms with Gasteiger partial charge in [0.05, 0.1) is 0 Å². The van der Waals surface area contributed by atoms with E-state index in [1.807, 2.05) is 41.8 Å². The second-order valence-corrected chi connectivity index (χ2v) is 9.82. The quantitative estimate of drug-likeness (QED) is 0.397. The Hall–Kier alpha value is -3.11. The number of aliphatic hydroxyl groups excluding tert-OH is 1. The number of fused-ring (bicyclic) bond motifs is 2. The SMILES string of the molecule is O[C@@H](COc1cccc(-c2noc3ccsc23)c1)CN1CCN(Cc2ccc3c(c2)OCO3)CC1. The molecule has 8 nitrogen and oxygen atoms in total. The fourth-order valence-electron chi connectivity index (χ4n) is 4.57. The molecule has 2 aliphatic heterocycles. The second kappa shape index (κ2) is 9.87. The van der Waals surface area contributed by atoms with Crippen molar-refractivity contribution in [3.63, 3.8) is 0 Å². The molecule has 0 amide bonds. The van der Waals surface area contributed by atoms with E-state index in [1.165, 1.54) is 5.56 Å². The highest BCUT2D eigenvalue weighted by molar-refractivity contribution is 7.17. The summed E-state index contributed by atoms with van der Waals surface area (Å²) in [5.41, 5.74) is 3.78. The summed E-state index contributed by atoms with van der Waals surface area (Å²) < 4.78 is 23.2. The molecule has 35 heavy (non-hydrogen) atoms. The zero-order valence-electron chi connectivity index (χ0n) is 19.3. The lowest BCUT2D eigenvalue weighted by Gasteiger charge is -2.35. The van der Waals surface area contributed by atoms with Crippen LogP contribution in [0.3, 0.4) is 0 Å². The van der Waals surface area contributed by atoms with Crippen molar-refractivity contribution in [3.05, 3.63) is 59.5 Å². The van der Waals surface area contributed by atoms with Crippen LogP contribution >= 0.6 is 11.3 Å². The third kappa shape index (κ3) is 4.99. The Morgan fingerprint density at radius 3 is 2.77 bits per heavy atom. The Morgan fingerprint density at radius 1 is 1.00 bits per heavy atom. The molecule has 6 rings (SSSR count). The topological polar surface area (TPSA) is 80.4 Å². The molecule has 2 aliphatic rings. The largest absolute Gasteiger partial charge is 0.491 e. The van der Waals surface area contributed by atoms with Crippen LogP contribution in [0.4, 0.5) is 0 Å². The van der Waals surface area contributed by atoms with Crippen molar-refractivity contribution in [2.75, 3.05) is 46.1 Å². The fourth-order valence-corrected chi connectivity index (χ4v) is 5.38. The number of benzene rings is 2. The van der Waals surface area contributed by atoms with Crippen LogP contribution in [0.25, 0.3) is 21.5 Å². The standard InChI is InChI=1S/C26H27N3O5S/c30-20(16-31-21-3-1-2-19(13-21)25-26-23(34-27-25)6-11-35-26)15-29-9-7-28(8-10-29)14-18-4-5-22-24(12-18)33-17-32-22/h1-6,11-13,20,30H,7-10,14-17H2/t20-/m1/s1. The molecular formula is C26H27N3O5S. The number of aromatic nitrogens is 1. The van der Waals surface area contributed by atoms with Crippen molar-refractivity contribution in [3.8, 4) is 28.5 Å². The van der Waals surface area contributed by atoms with Crippen LogP contribution in [0, 0.1) is 0 Å². The van der Waals surface area contributed by atoms with Crippen molar-refractivity contribution in [2.24, 2.45) is 0 Å². The smallest absolute Gasteiger partial charge is 0.231 e. The first-order valence-electron chi connectivity index (χ1n) is 11.8. The lowest BCUT2D eigenvalue weighted by atomic mass is 10.1. The molecule has 0 radical (unpaired) electrons. The number of hydrogen-bond acceptors (Lipinski definition) is 9. The van der Waals surface area contributed by atoms with E-state index in [-0.39, 0.29) is 6.61 Å². The van der Waals surface area contributed by atoms with E-state index in [0.29, 0.717) is 19.1 Å². The molecule has 0 spiro atoms. The number of hydrogen-bond donors (Lipinski definition) is 1. The van der Waals surface area contributed by atoms with Gasteiger partial charge in [-0.05, 0) is 41.3 Å². The van der Waals surface area contributed by atoms with Crippen molar-refractivity contribution >= 4 is 21.6 Å². The normalized spacial score (nSPS) is 17.2. The number of piperazine rings is 1. The summed E-state index contributed by atoms with van der Waals surface area (Å²) in [6.07, 6.45) is -0.560. The average Bonchev–Trinajstić information content (AvgIpc) is 3.61. The zero-order valence-corrected chi connectivity index (χ0v) is 20.1. The number of thiophene rings is 1. The first kappa shape index (κ1) is 22.4. The van der Waals surface area contributed by atoms with Gasteiger partial charge in [0.25, 0.3) is 0 Å². The van der Waals surface area contributed by atoms with Crippen LogP contribution in [0.1, 0.15) is 5.56 Å². The van der Waals surface area contributed by atoms with Gasteiger partial charge in [-0.1, -0.05) is 23.4 Å². The van der Waals surface area contributed by atoms with Gasteiger partial charge in [0.2, 0.25) is 6.79 Å². The summed E-state index contributed by atoms with van der Waals surface area (Å²) in [5, 5.41) is 16.8. The van der Waals surface area contributed by atoms with Gasteiger partial charge in [0, 0.05) is 44.8 Å². The van der Waals surface area contributed by atoms with Crippen LogP contribution in [0.2, 0.25) is 0 Å². The van der Waals surface area contributed by atoms with E-state index in [1.54, 1.807) is 11.3 Å². The molecule has 1 saturated heterocycles. The van der Waals surface area contributed by atoms with Crippen LogP contribution in [0.5, 0.6) is 17.2 Å². The highest BCUT2D eigenvalue weighted by Crippen LogP contribution is 2.34. The number of nitrogens with zero attached hydrogens (tertiary/aromatic N) is 3. The molecule has 182 valence electrons. The Labute approximate surface area is 207 Å². The monoisotopic (exact) mass is 493 g/mol. The van der Waals surface area contributed by atoms with Crippen molar-refractivity contribution in [1.82, 2.24) is 15.0 Å². The third-order valence-electron chi connectivity index (χ3n) is 6.41. The molecule has 1 N–H and O–H groups in total. The zero-order chi connectivity index (χ0) is 23.6. The average molecular weight is 494 g/mol. The molecule has 0 aliphatic carbocycles. The maximum atomic E-state index is 10.6. The minimum Gasteiger partial charge on any atom is -0.491 e.